The normalized spacial score (nSPS) is 14.9. The van der Waals surface area contributed by atoms with Crippen molar-refractivity contribution in [2.24, 2.45) is 0 Å². The zero-order chi connectivity index (χ0) is 21.5. The zero-order valence-corrected chi connectivity index (χ0v) is 16.2. The van der Waals surface area contributed by atoms with Crippen LogP contribution in [0.5, 0.6) is 0 Å². The van der Waals surface area contributed by atoms with Gasteiger partial charge >= 0.3 is 6.09 Å². The summed E-state index contributed by atoms with van der Waals surface area (Å²) in [6.07, 6.45) is 1.75. The number of hydrogen-bond donors (Lipinski definition) is 2. The van der Waals surface area contributed by atoms with E-state index in [0.717, 1.165) is 0 Å². The number of fused-ring (bicyclic) bond motifs is 1. The summed E-state index contributed by atoms with van der Waals surface area (Å²) < 4.78 is 20.5. The molecule has 11 heteroatoms. The number of piperidine rings is 1. The predicted molar refractivity (Wildman–Crippen MR) is 106 cm³/mol. The Morgan fingerprint density at radius 3 is 2.81 bits per heavy atom. The fourth-order valence-corrected chi connectivity index (χ4v) is 3.90. The molecule has 3 aromatic heterocycles. The number of aromatic amines is 1. The molecule has 0 saturated carbocycles. The summed E-state index contributed by atoms with van der Waals surface area (Å²) in [6, 6.07) is 7.32. The van der Waals surface area contributed by atoms with Gasteiger partial charge in [0.25, 0.3) is 11.4 Å². The van der Waals surface area contributed by atoms with Crippen LogP contribution < -0.4 is 5.56 Å². The molecule has 0 unspecified atom stereocenters. The highest BCUT2D eigenvalue weighted by Crippen LogP contribution is 2.30. The standard InChI is InChI=1S/C20H17FN6O4/c21-13-3-1-2-12(8-13)17-24-19(31-25-17)14-10-22-27-15(9-16(28)23-18(14)27)11-4-6-26(7-5-11)20(29)30/h1-3,8-11H,4-7H2,(H,23,28)(H,29,30). The Bertz CT molecular complexity index is 1330. The summed E-state index contributed by atoms with van der Waals surface area (Å²) in [6.45, 7) is 0.784. The van der Waals surface area contributed by atoms with Gasteiger partial charge in [0, 0.05) is 30.6 Å². The topological polar surface area (TPSA) is 130 Å². The van der Waals surface area contributed by atoms with Gasteiger partial charge in [-0.15, -0.1) is 0 Å². The monoisotopic (exact) mass is 424 g/mol. The molecule has 1 amide bonds. The number of amides is 1. The van der Waals surface area contributed by atoms with Gasteiger partial charge in [0.15, 0.2) is 0 Å². The average molecular weight is 424 g/mol. The molecule has 0 radical (unpaired) electrons. The van der Waals surface area contributed by atoms with E-state index < -0.39 is 11.9 Å². The molecule has 0 atom stereocenters. The van der Waals surface area contributed by atoms with E-state index in [1.807, 2.05) is 0 Å². The number of benzene rings is 1. The zero-order valence-electron chi connectivity index (χ0n) is 16.2. The van der Waals surface area contributed by atoms with E-state index in [1.165, 1.54) is 29.3 Å². The van der Waals surface area contributed by atoms with Crippen molar-refractivity contribution in [3.8, 4) is 22.8 Å². The minimum Gasteiger partial charge on any atom is -0.465 e. The molecular formula is C20H17FN6O4. The Hall–Kier alpha value is -4.02. The van der Waals surface area contributed by atoms with Gasteiger partial charge in [0.2, 0.25) is 5.82 Å². The number of hydrogen-bond acceptors (Lipinski definition) is 6. The van der Waals surface area contributed by atoms with E-state index in [1.54, 1.807) is 16.6 Å². The van der Waals surface area contributed by atoms with Crippen molar-refractivity contribution in [1.82, 2.24) is 29.6 Å². The lowest BCUT2D eigenvalue weighted by atomic mass is 9.93. The highest BCUT2D eigenvalue weighted by atomic mass is 19.1. The Kier molecular flexibility index (Phi) is 4.50. The van der Waals surface area contributed by atoms with E-state index in [9.17, 15) is 14.0 Å². The fourth-order valence-electron chi connectivity index (χ4n) is 3.90. The highest BCUT2D eigenvalue weighted by Gasteiger charge is 2.27. The second-order valence-corrected chi connectivity index (χ2v) is 7.35. The number of carboxylic acid groups (broad SMARTS) is 1. The van der Waals surface area contributed by atoms with Crippen LogP contribution in [-0.2, 0) is 0 Å². The average Bonchev–Trinajstić information content (AvgIpc) is 3.40. The smallest absolute Gasteiger partial charge is 0.407 e. The third kappa shape index (κ3) is 3.43. The largest absolute Gasteiger partial charge is 0.465 e. The van der Waals surface area contributed by atoms with Crippen molar-refractivity contribution < 1.29 is 18.8 Å². The molecule has 5 rings (SSSR count). The molecule has 1 aliphatic heterocycles. The number of nitrogens with one attached hydrogen (secondary N) is 1. The van der Waals surface area contributed by atoms with Crippen LogP contribution in [0.3, 0.4) is 0 Å². The number of aromatic nitrogens is 5. The first kappa shape index (κ1) is 19.0. The number of carbonyl (C=O) groups is 1. The first-order valence-electron chi connectivity index (χ1n) is 9.68. The van der Waals surface area contributed by atoms with Crippen molar-refractivity contribution >= 4 is 11.7 Å². The molecule has 31 heavy (non-hydrogen) atoms. The van der Waals surface area contributed by atoms with Gasteiger partial charge in [-0.25, -0.2) is 13.7 Å². The van der Waals surface area contributed by atoms with Crippen molar-refractivity contribution in [3.05, 3.63) is 58.4 Å². The van der Waals surface area contributed by atoms with Crippen LogP contribution in [0.15, 0.2) is 45.8 Å². The molecule has 1 aromatic carbocycles. The van der Waals surface area contributed by atoms with Crippen molar-refractivity contribution in [1.29, 1.82) is 0 Å². The van der Waals surface area contributed by atoms with Crippen LogP contribution in [0.1, 0.15) is 24.5 Å². The molecule has 1 aliphatic rings. The Morgan fingerprint density at radius 1 is 1.26 bits per heavy atom. The van der Waals surface area contributed by atoms with Crippen LogP contribution in [0.4, 0.5) is 9.18 Å². The summed E-state index contributed by atoms with van der Waals surface area (Å²) >= 11 is 0. The maximum absolute atomic E-state index is 13.5. The quantitative estimate of drug-likeness (QED) is 0.517. The van der Waals surface area contributed by atoms with E-state index in [0.29, 0.717) is 48.4 Å². The molecule has 1 saturated heterocycles. The maximum Gasteiger partial charge on any atom is 0.407 e. The third-order valence-electron chi connectivity index (χ3n) is 5.46. The lowest BCUT2D eigenvalue weighted by Crippen LogP contribution is -2.37. The number of nitrogens with zero attached hydrogens (tertiary/aromatic N) is 5. The van der Waals surface area contributed by atoms with Crippen LogP contribution >= 0.6 is 0 Å². The molecule has 1 fully saturated rings. The summed E-state index contributed by atoms with van der Waals surface area (Å²) in [5, 5.41) is 17.4. The predicted octanol–water partition coefficient (Wildman–Crippen LogP) is 2.74. The molecule has 158 valence electrons. The lowest BCUT2D eigenvalue weighted by Gasteiger charge is -2.30. The van der Waals surface area contributed by atoms with Gasteiger partial charge in [-0.2, -0.15) is 10.1 Å². The maximum atomic E-state index is 13.5. The second kappa shape index (κ2) is 7.35. The number of likely N-dealkylation sites (tertiary alicyclic amines) is 1. The number of halogens is 1. The first-order chi connectivity index (χ1) is 15.0. The minimum atomic E-state index is -0.943. The van der Waals surface area contributed by atoms with E-state index in [2.05, 4.69) is 20.2 Å². The molecule has 4 heterocycles. The van der Waals surface area contributed by atoms with Crippen molar-refractivity contribution in [2.45, 2.75) is 18.8 Å². The van der Waals surface area contributed by atoms with Crippen LogP contribution in [0, 0.1) is 5.82 Å². The summed E-state index contributed by atoms with van der Waals surface area (Å²) in [5.41, 5.74) is 1.69. The van der Waals surface area contributed by atoms with E-state index in [4.69, 9.17) is 9.63 Å². The molecule has 0 spiro atoms. The van der Waals surface area contributed by atoms with E-state index in [-0.39, 0.29) is 23.2 Å². The lowest BCUT2D eigenvalue weighted by molar-refractivity contribution is 0.131. The summed E-state index contributed by atoms with van der Waals surface area (Å²) in [5.74, 6) is -0.0717. The van der Waals surface area contributed by atoms with Gasteiger partial charge in [-0.3, -0.25) is 4.79 Å². The van der Waals surface area contributed by atoms with Crippen molar-refractivity contribution in [3.63, 3.8) is 0 Å². The van der Waals surface area contributed by atoms with Crippen LogP contribution in [0.25, 0.3) is 28.5 Å². The van der Waals surface area contributed by atoms with Gasteiger partial charge in [-0.05, 0) is 25.0 Å². The van der Waals surface area contributed by atoms with Crippen LogP contribution in [-0.4, -0.2) is 53.9 Å². The molecule has 0 aliphatic carbocycles. The SMILES string of the molecule is O=C(O)N1CCC(c2cc(=O)[nH]c3c(-c4nc(-c5cccc(F)c5)no4)cnn23)CC1. The minimum absolute atomic E-state index is 0.0151. The number of rotatable bonds is 3. The van der Waals surface area contributed by atoms with Gasteiger partial charge in [0.05, 0.1) is 11.9 Å². The van der Waals surface area contributed by atoms with Gasteiger partial charge < -0.3 is 19.5 Å². The molecule has 2 N–H and O–H groups in total. The Labute approximate surface area is 173 Å². The summed E-state index contributed by atoms with van der Waals surface area (Å²) in [4.78, 5) is 32.0. The van der Waals surface area contributed by atoms with Crippen LogP contribution in [0.2, 0.25) is 0 Å². The second-order valence-electron chi connectivity index (χ2n) is 7.35. The number of H-pyrrole nitrogens is 1. The molecular weight excluding hydrogens is 407 g/mol. The molecule has 10 nitrogen and oxygen atoms in total. The van der Waals surface area contributed by atoms with Crippen molar-refractivity contribution in [2.75, 3.05) is 13.1 Å². The highest BCUT2D eigenvalue weighted by molar-refractivity contribution is 5.72. The first-order valence-corrected chi connectivity index (χ1v) is 9.68. The third-order valence-corrected chi connectivity index (χ3v) is 5.46. The Balaban J connectivity index is 1.51. The fraction of sp³-hybridized carbons (Fsp3) is 0.250. The van der Waals surface area contributed by atoms with E-state index >= 15 is 0 Å². The summed E-state index contributed by atoms with van der Waals surface area (Å²) in [7, 11) is 0. The Morgan fingerprint density at radius 2 is 2.06 bits per heavy atom. The molecule has 4 aromatic rings. The van der Waals surface area contributed by atoms with Gasteiger partial charge in [0.1, 0.15) is 17.0 Å². The molecule has 0 bridgehead atoms. The van der Waals surface area contributed by atoms with Gasteiger partial charge in [-0.1, -0.05) is 17.3 Å².